The van der Waals surface area contributed by atoms with Crippen LogP contribution < -0.4 is 5.19 Å². The highest BCUT2D eigenvalue weighted by Crippen LogP contribution is 2.29. The molecule has 0 aliphatic heterocycles. The van der Waals surface area contributed by atoms with Crippen molar-refractivity contribution in [2.75, 3.05) is 0 Å². The third-order valence-electron chi connectivity index (χ3n) is 4.29. The number of pyridine rings is 1. The molecule has 0 saturated carbocycles. The fraction of sp³-hybridized carbons (Fsp3) is 0.150. The molecule has 0 unspecified atom stereocenters. The van der Waals surface area contributed by atoms with E-state index in [1.807, 2.05) is 18.2 Å². The minimum atomic E-state index is -1.26. The summed E-state index contributed by atoms with van der Waals surface area (Å²) >= 11 is 0. The van der Waals surface area contributed by atoms with Crippen LogP contribution in [0.1, 0.15) is 0 Å². The molecule has 2 aromatic heterocycles. The molecule has 0 atom stereocenters. The molecule has 0 saturated heterocycles. The summed E-state index contributed by atoms with van der Waals surface area (Å²) in [6.45, 7) is 7.09. The lowest BCUT2D eigenvalue weighted by molar-refractivity contribution is 0.654. The highest BCUT2D eigenvalue weighted by molar-refractivity contribution is 6.88. The fourth-order valence-corrected chi connectivity index (χ4v) is 4.07. The maximum atomic E-state index is 5.89. The second kappa shape index (κ2) is 5.07. The van der Waals surface area contributed by atoms with Crippen molar-refractivity contribution in [2.24, 2.45) is 0 Å². The number of fused-ring (bicyclic) bond motifs is 3. The van der Waals surface area contributed by atoms with Gasteiger partial charge in [0.1, 0.15) is 5.58 Å². The third kappa shape index (κ3) is 2.47. The van der Waals surface area contributed by atoms with Gasteiger partial charge >= 0.3 is 0 Å². The van der Waals surface area contributed by atoms with E-state index in [-0.39, 0.29) is 0 Å². The van der Waals surface area contributed by atoms with Gasteiger partial charge in [-0.15, -0.1) is 0 Å². The quantitative estimate of drug-likeness (QED) is 0.475. The number of aromatic nitrogens is 1. The van der Waals surface area contributed by atoms with Gasteiger partial charge in [0.25, 0.3) is 0 Å². The minimum Gasteiger partial charge on any atom is -0.438 e. The Morgan fingerprint density at radius 3 is 2.26 bits per heavy atom. The molecule has 0 bridgehead atoms. The highest BCUT2D eigenvalue weighted by Gasteiger charge is 2.16. The molecule has 3 heteroatoms. The summed E-state index contributed by atoms with van der Waals surface area (Å²) in [6, 6.07) is 21.1. The van der Waals surface area contributed by atoms with Crippen molar-refractivity contribution in [2.45, 2.75) is 19.6 Å². The second-order valence-electron chi connectivity index (χ2n) is 6.97. The van der Waals surface area contributed by atoms with Crippen LogP contribution in [0.4, 0.5) is 0 Å². The van der Waals surface area contributed by atoms with Crippen molar-refractivity contribution >= 4 is 35.3 Å². The SMILES string of the molecule is C[Si](C)(C)c1ccc(-c2ccc3c(n2)oc2ccccc23)cc1. The van der Waals surface area contributed by atoms with Crippen molar-refractivity contribution in [1.29, 1.82) is 0 Å². The zero-order valence-electron chi connectivity index (χ0n) is 13.6. The Balaban J connectivity index is 1.81. The van der Waals surface area contributed by atoms with E-state index in [1.165, 1.54) is 5.19 Å². The lowest BCUT2D eigenvalue weighted by Crippen LogP contribution is -2.37. The zero-order chi connectivity index (χ0) is 16.0. The van der Waals surface area contributed by atoms with Crippen LogP contribution in [0.5, 0.6) is 0 Å². The summed E-state index contributed by atoms with van der Waals surface area (Å²) in [6.07, 6.45) is 0. The second-order valence-corrected chi connectivity index (χ2v) is 12.1. The third-order valence-corrected chi connectivity index (χ3v) is 6.36. The van der Waals surface area contributed by atoms with Gasteiger partial charge in [-0.1, -0.05) is 67.3 Å². The van der Waals surface area contributed by atoms with E-state index in [0.29, 0.717) is 5.71 Å². The van der Waals surface area contributed by atoms with Gasteiger partial charge < -0.3 is 4.42 Å². The summed E-state index contributed by atoms with van der Waals surface area (Å²) in [7, 11) is -1.26. The maximum Gasteiger partial charge on any atom is 0.227 e. The van der Waals surface area contributed by atoms with Gasteiger partial charge in [-0.2, -0.15) is 0 Å². The Hall–Kier alpha value is -2.39. The first-order valence-electron chi connectivity index (χ1n) is 7.91. The van der Waals surface area contributed by atoms with Crippen LogP contribution in [0.2, 0.25) is 19.6 Å². The standard InChI is InChI=1S/C20H19NOSi/c1-23(2,3)15-10-8-14(9-11-15)18-13-12-17-16-6-4-5-7-19(16)22-20(17)21-18/h4-13H,1-3H3. The van der Waals surface area contributed by atoms with Crippen LogP contribution in [0.3, 0.4) is 0 Å². The molecular formula is C20H19NOSi. The normalized spacial score (nSPS) is 12.1. The number of para-hydroxylation sites is 1. The van der Waals surface area contributed by atoms with Gasteiger partial charge in [0, 0.05) is 16.3 Å². The molecule has 0 aliphatic carbocycles. The first kappa shape index (κ1) is 14.2. The molecule has 0 amide bonds. The predicted molar refractivity (Wildman–Crippen MR) is 99.9 cm³/mol. The van der Waals surface area contributed by atoms with E-state index in [0.717, 1.165) is 27.6 Å². The Morgan fingerprint density at radius 1 is 0.783 bits per heavy atom. The smallest absolute Gasteiger partial charge is 0.227 e. The summed E-state index contributed by atoms with van der Waals surface area (Å²) in [5.74, 6) is 0. The van der Waals surface area contributed by atoms with E-state index >= 15 is 0 Å². The molecule has 0 aliphatic rings. The average molecular weight is 317 g/mol. The molecule has 4 aromatic rings. The number of furan rings is 1. The fourth-order valence-electron chi connectivity index (χ4n) is 2.91. The molecule has 2 aromatic carbocycles. The molecule has 0 spiro atoms. The summed E-state index contributed by atoms with van der Waals surface area (Å²) < 4.78 is 5.89. The van der Waals surface area contributed by atoms with Crippen molar-refractivity contribution in [1.82, 2.24) is 4.98 Å². The zero-order valence-corrected chi connectivity index (χ0v) is 14.6. The topological polar surface area (TPSA) is 26.0 Å². The van der Waals surface area contributed by atoms with E-state index in [9.17, 15) is 0 Å². The van der Waals surface area contributed by atoms with Crippen molar-refractivity contribution in [3.05, 3.63) is 60.7 Å². The molecule has 0 N–H and O–H groups in total. The van der Waals surface area contributed by atoms with Gasteiger partial charge in [-0.25, -0.2) is 4.98 Å². The monoisotopic (exact) mass is 317 g/mol. The van der Waals surface area contributed by atoms with Gasteiger partial charge in [0.15, 0.2) is 0 Å². The van der Waals surface area contributed by atoms with Crippen LogP contribution in [-0.4, -0.2) is 13.1 Å². The predicted octanol–water partition coefficient (Wildman–Crippen LogP) is 5.19. The van der Waals surface area contributed by atoms with E-state index < -0.39 is 8.07 Å². The van der Waals surface area contributed by atoms with Gasteiger partial charge in [0.05, 0.1) is 13.8 Å². The number of hydrogen-bond donors (Lipinski definition) is 0. The van der Waals surface area contributed by atoms with Crippen molar-refractivity contribution < 1.29 is 4.42 Å². The summed E-state index contributed by atoms with van der Waals surface area (Å²) in [5, 5.41) is 3.66. The maximum absolute atomic E-state index is 5.89. The minimum absolute atomic E-state index is 0.706. The highest BCUT2D eigenvalue weighted by atomic mass is 28.3. The first-order chi connectivity index (χ1) is 11.0. The van der Waals surface area contributed by atoms with Crippen LogP contribution in [-0.2, 0) is 0 Å². The first-order valence-corrected chi connectivity index (χ1v) is 11.4. The lowest BCUT2D eigenvalue weighted by Gasteiger charge is -2.16. The Bertz CT molecular complexity index is 994. The Kier molecular flexibility index (Phi) is 3.13. The van der Waals surface area contributed by atoms with Crippen molar-refractivity contribution in [3.8, 4) is 11.3 Å². The van der Waals surface area contributed by atoms with Crippen LogP contribution >= 0.6 is 0 Å². The molecule has 4 rings (SSSR count). The van der Waals surface area contributed by atoms with Gasteiger partial charge in [-0.05, 0) is 18.2 Å². The Morgan fingerprint density at radius 2 is 1.52 bits per heavy atom. The van der Waals surface area contributed by atoms with Crippen molar-refractivity contribution in [3.63, 3.8) is 0 Å². The molecule has 0 fully saturated rings. The van der Waals surface area contributed by atoms with Gasteiger partial charge in [0.2, 0.25) is 5.71 Å². The van der Waals surface area contributed by atoms with Crippen LogP contribution in [0, 0.1) is 0 Å². The van der Waals surface area contributed by atoms with E-state index in [2.05, 4.69) is 62.1 Å². The van der Waals surface area contributed by atoms with E-state index in [1.54, 1.807) is 0 Å². The number of nitrogens with zero attached hydrogens (tertiary/aromatic N) is 1. The molecule has 114 valence electrons. The average Bonchev–Trinajstić information content (AvgIpc) is 2.92. The molecule has 2 heterocycles. The lowest BCUT2D eigenvalue weighted by atomic mass is 10.1. The number of rotatable bonds is 2. The molecule has 0 radical (unpaired) electrons. The molecular weight excluding hydrogens is 298 g/mol. The Labute approximate surface area is 136 Å². The molecule has 23 heavy (non-hydrogen) atoms. The van der Waals surface area contributed by atoms with Gasteiger partial charge in [-0.3, -0.25) is 0 Å². The summed E-state index contributed by atoms with van der Waals surface area (Å²) in [4.78, 5) is 4.72. The number of hydrogen-bond acceptors (Lipinski definition) is 2. The van der Waals surface area contributed by atoms with Crippen LogP contribution in [0.25, 0.3) is 33.3 Å². The summed E-state index contributed by atoms with van der Waals surface area (Å²) in [5.41, 5.74) is 3.69. The molecule has 2 nitrogen and oxygen atoms in total. The number of benzene rings is 2. The largest absolute Gasteiger partial charge is 0.438 e. The van der Waals surface area contributed by atoms with Crippen LogP contribution in [0.15, 0.2) is 65.1 Å². The van der Waals surface area contributed by atoms with E-state index in [4.69, 9.17) is 9.40 Å².